The van der Waals surface area contributed by atoms with E-state index in [2.05, 4.69) is 0 Å². The molecule has 0 fully saturated rings. The van der Waals surface area contributed by atoms with Gasteiger partial charge in [-0.3, -0.25) is 0 Å². The van der Waals surface area contributed by atoms with Gasteiger partial charge in [-0.2, -0.15) is 13.2 Å². The molecule has 0 saturated carbocycles. The van der Waals surface area contributed by atoms with Gasteiger partial charge in [-0.25, -0.2) is 0 Å². The zero-order chi connectivity index (χ0) is 12.2. The molecule has 0 spiro atoms. The van der Waals surface area contributed by atoms with Crippen LogP contribution in [-0.2, 0) is 12.6 Å². The third kappa shape index (κ3) is 3.50. The van der Waals surface area contributed by atoms with E-state index in [1.807, 2.05) is 0 Å². The Morgan fingerprint density at radius 2 is 1.75 bits per heavy atom. The molecule has 0 aliphatic heterocycles. The van der Waals surface area contributed by atoms with E-state index in [-0.39, 0.29) is 12.5 Å². The van der Waals surface area contributed by atoms with Crippen molar-refractivity contribution in [3.8, 4) is 0 Å². The number of rotatable bonds is 4. The minimum absolute atomic E-state index is 0.0580. The Balaban J connectivity index is 2.72. The van der Waals surface area contributed by atoms with Crippen LogP contribution < -0.4 is 5.73 Å². The van der Waals surface area contributed by atoms with Crippen LogP contribution in [0.4, 0.5) is 13.2 Å². The van der Waals surface area contributed by atoms with E-state index in [0.29, 0.717) is 13.0 Å². The van der Waals surface area contributed by atoms with Crippen LogP contribution in [0, 0.1) is 5.92 Å². The fourth-order valence-electron chi connectivity index (χ4n) is 1.39. The van der Waals surface area contributed by atoms with E-state index in [4.69, 9.17) is 10.8 Å². The molecule has 0 bridgehead atoms. The van der Waals surface area contributed by atoms with Crippen LogP contribution in [0.5, 0.6) is 0 Å². The second-order valence-corrected chi connectivity index (χ2v) is 3.68. The highest BCUT2D eigenvalue weighted by atomic mass is 19.4. The molecular weight excluding hydrogens is 219 g/mol. The highest BCUT2D eigenvalue weighted by molar-refractivity contribution is 5.24. The van der Waals surface area contributed by atoms with E-state index in [0.717, 1.165) is 17.7 Å². The van der Waals surface area contributed by atoms with Crippen molar-refractivity contribution in [3.05, 3.63) is 35.4 Å². The molecule has 5 heteroatoms. The summed E-state index contributed by atoms with van der Waals surface area (Å²) in [6.45, 7) is 0.259. The third-order valence-electron chi connectivity index (χ3n) is 2.40. The maximum absolute atomic E-state index is 12.3. The van der Waals surface area contributed by atoms with Gasteiger partial charge in [0.05, 0.1) is 5.56 Å². The molecule has 1 aromatic rings. The Labute approximate surface area is 91.9 Å². The van der Waals surface area contributed by atoms with Gasteiger partial charge < -0.3 is 10.8 Å². The maximum Gasteiger partial charge on any atom is 0.416 e. The van der Waals surface area contributed by atoms with Crippen molar-refractivity contribution < 1.29 is 18.3 Å². The molecule has 0 aromatic heterocycles. The highest BCUT2D eigenvalue weighted by Gasteiger charge is 2.29. The molecule has 1 atom stereocenters. The van der Waals surface area contributed by atoms with Crippen molar-refractivity contribution in [2.45, 2.75) is 12.6 Å². The van der Waals surface area contributed by atoms with Crippen LogP contribution in [0.25, 0.3) is 0 Å². The van der Waals surface area contributed by atoms with Crippen molar-refractivity contribution >= 4 is 0 Å². The number of aliphatic hydroxyl groups is 1. The van der Waals surface area contributed by atoms with Crippen molar-refractivity contribution in [3.63, 3.8) is 0 Å². The Hall–Kier alpha value is -1.07. The van der Waals surface area contributed by atoms with Gasteiger partial charge in [-0.15, -0.1) is 0 Å². The summed E-state index contributed by atoms with van der Waals surface area (Å²) in [5, 5.41) is 8.91. The lowest BCUT2D eigenvalue weighted by Gasteiger charge is -2.12. The van der Waals surface area contributed by atoms with Gasteiger partial charge in [0, 0.05) is 6.61 Å². The van der Waals surface area contributed by atoms with Gasteiger partial charge in [0.2, 0.25) is 0 Å². The number of benzene rings is 1. The van der Waals surface area contributed by atoms with Gasteiger partial charge in [0.25, 0.3) is 0 Å². The van der Waals surface area contributed by atoms with E-state index in [9.17, 15) is 13.2 Å². The monoisotopic (exact) mass is 233 g/mol. The zero-order valence-corrected chi connectivity index (χ0v) is 8.67. The SMILES string of the molecule is NC[C@H](CO)Cc1ccc(C(F)(F)F)cc1. The molecule has 0 unspecified atom stereocenters. The van der Waals surface area contributed by atoms with E-state index in [1.165, 1.54) is 12.1 Å². The van der Waals surface area contributed by atoms with E-state index < -0.39 is 11.7 Å². The minimum atomic E-state index is -4.30. The van der Waals surface area contributed by atoms with Gasteiger partial charge in [0.1, 0.15) is 0 Å². The normalized spacial score (nSPS) is 13.8. The summed E-state index contributed by atoms with van der Waals surface area (Å²) < 4.78 is 36.8. The molecule has 0 aliphatic rings. The number of alkyl halides is 3. The Morgan fingerprint density at radius 3 is 2.12 bits per heavy atom. The summed E-state index contributed by atoms with van der Waals surface area (Å²) in [6, 6.07) is 4.92. The predicted octanol–water partition coefficient (Wildman–Crippen LogP) is 1.82. The molecule has 16 heavy (non-hydrogen) atoms. The van der Waals surface area contributed by atoms with Crippen LogP contribution in [0.1, 0.15) is 11.1 Å². The number of halogens is 3. The molecule has 1 rings (SSSR count). The molecule has 90 valence electrons. The van der Waals surface area contributed by atoms with Crippen LogP contribution in [0.15, 0.2) is 24.3 Å². The molecule has 0 radical (unpaired) electrons. The van der Waals surface area contributed by atoms with Crippen molar-refractivity contribution in [2.75, 3.05) is 13.2 Å². The summed E-state index contributed by atoms with van der Waals surface area (Å²) in [5.74, 6) is -0.100. The first-order chi connectivity index (χ1) is 7.47. The third-order valence-corrected chi connectivity index (χ3v) is 2.40. The van der Waals surface area contributed by atoms with Gasteiger partial charge in [-0.05, 0) is 36.6 Å². The van der Waals surface area contributed by atoms with Gasteiger partial charge in [0.15, 0.2) is 0 Å². The van der Waals surface area contributed by atoms with Crippen molar-refractivity contribution in [2.24, 2.45) is 11.7 Å². The first-order valence-corrected chi connectivity index (χ1v) is 4.94. The summed E-state index contributed by atoms with van der Waals surface area (Å²) in [6.07, 6.45) is -3.81. The number of nitrogens with two attached hydrogens (primary N) is 1. The molecule has 0 aliphatic carbocycles. The lowest BCUT2D eigenvalue weighted by atomic mass is 9.99. The standard InChI is InChI=1S/C11H14F3NO/c12-11(13,14)10-3-1-8(2-4-10)5-9(6-15)7-16/h1-4,9,16H,5-7,15H2/t9-/m1/s1. The molecule has 0 heterocycles. The molecule has 2 nitrogen and oxygen atoms in total. The number of aliphatic hydroxyl groups excluding tert-OH is 1. The second kappa shape index (κ2) is 5.32. The van der Waals surface area contributed by atoms with Crippen molar-refractivity contribution in [1.29, 1.82) is 0 Å². The quantitative estimate of drug-likeness (QED) is 0.833. The van der Waals surface area contributed by atoms with Crippen LogP contribution in [-0.4, -0.2) is 18.3 Å². The zero-order valence-electron chi connectivity index (χ0n) is 8.67. The fourth-order valence-corrected chi connectivity index (χ4v) is 1.39. The minimum Gasteiger partial charge on any atom is -0.396 e. The maximum atomic E-state index is 12.3. The molecule has 0 amide bonds. The van der Waals surface area contributed by atoms with Crippen molar-refractivity contribution in [1.82, 2.24) is 0 Å². The summed E-state index contributed by atoms with van der Waals surface area (Å²) in [7, 11) is 0. The van der Waals surface area contributed by atoms with Gasteiger partial charge in [-0.1, -0.05) is 12.1 Å². The van der Waals surface area contributed by atoms with Crippen LogP contribution in [0.2, 0.25) is 0 Å². The van der Waals surface area contributed by atoms with Crippen LogP contribution >= 0.6 is 0 Å². The summed E-state index contributed by atoms with van der Waals surface area (Å²) in [5.41, 5.74) is 5.48. The average molecular weight is 233 g/mol. The smallest absolute Gasteiger partial charge is 0.396 e. The van der Waals surface area contributed by atoms with E-state index in [1.54, 1.807) is 0 Å². The highest BCUT2D eigenvalue weighted by Crippen LogP contribution is 2.29. The fraction of sp³-hybridized carbons (Fsp3) is 0.455. The van der Waals surface area contributed by atoms with E-state index >= 15 is 0 Å². The average Bonchev–Trinajstić information content (AvgIpc) is 2.25. The Kier molecular flexibility index (Phi) is 4.32. The second-order valence-electron chi connectivity index (χ2n) is 3.68. The van der Waals surface area contributed by atoms with Crippen LogP contribution in [0.3, 0.4) is 0 Å². The topological polar surface area (TPSA) is 46.2 Å². The molecule has 3 N–H and O–H groups in total. The number of hydrogen-bond donors (Lipinski definition) is 2. The number of hydrogen-bond acceptors (Lipinski definition) is 2. The first kappa shape index (κ1) is 13.0. The first-order valence-electron chi connectivity index (χ1n) is 4.94. The lowest BCUT2D eigenvalue weighted by Crippen LogP contribution is -2.20. The largest absolute Gasteiger partial charge is 0.416 e. The Bertz CT molecular complexity index is 317. The summed E-state index contributed by atoms with van der Waals surface area (Å²) in [4.78, 5) is 0. The molecule has 1 aromatic carbocycles. The molecular formula is C11H14F3NO. The lowest BCUT2D eigenvalue weighted by molar-refractivity contribution is -0.137. The molecule has 0 saturated heterocycles. The predicted molar refractivity (Wildman–Crippen MR) is 54.8 cm³/mol. The summed E-state index contributed by atoms with van der Waals surface area (Å²) >= 11 is 0. The Morgan fingerprint density at radius 1 is 1.19 bits per heavy atom. The van der Waals surface area contributed by atoms with Gasteiger partial charge >= 0.3 is 6.18 Å².